The summed E-state index contributed by atoms with van der Waals surface area (Å²) in [4.78, 5) is 14.3. The van der Waals surface area contributed by atoms with Crippen LogP contribution in [-0.4, -0.2) is 23.9 Å². The molecule has 0 radical (unpaired) electrons. The molecule has 0 aliphatic heterocycles. The van der Waals surface area contributed by atoms with E-state index in [9.17, 15) is 9.18 Å². The highest BCUT2D eigenvalue weighted by Gasteiger charge is 2.44. The molecule has 0 aromatic heterocycles. The standard InChI is InChI=1S/C16H20FN3O/c1-2-20(15(21)16(11-19)6-3-7-16)10-13-5-4-12(9-18)8-14(13)17/h4-5,8H,2-3,6-7,10-11,19H2,1H3. The van der Waals surface area contributed by atoms with Gasteiger partial charge >= 0.3 is 0 Å². The SMILES string of the molecule is CCN(Cc1ccc(C#N)cc1F)C(=O)C1(CN)CCC1. The van der Waals surface area contributed by atoms with Crippen LogP contribution in [0.1, 0.15) is 37.3 Å². The third-order valence-corrected chi connectivity index (χ3v) is 4.37. The van der Waals surface area contributed by atoms with Crippen molar-refractivity contribution in [2.75, 3.05) is 13.1 Å². The molecule has 112 valence electrons. The summed E-state index contributed by atoms with van der Waals surface area (Å²) in [6, 6.07) is 6.24. The average Bonchev–Trinajstić information content (AvgIpc) is 2.45. The number of benzene rings is 1. The van der Waals surface area contributed by atoms with E-state index < -0.39 is 11.2 Å². The first-order valence-corrected chi connectivity index (χ1v) is 7.24. The average molecular weight is 289 g/mol. The largest absolute Gasteiger partial charge is 0.338 e. The minimum absolute atomic E-state index is 0.0162. The van der Waals surface area contributed by atoms with Gasteiger partial charge in [-0.05, 0) is 31.9 Å². The van der Waals surface area contributed by atoms with E-state index in [2.05, 4.69) is 0 Å². The lowest BCUT2D eigenvalue weighted by atomic mass is 9.68. The van der Waals surface area contributed by atoms with Crippen molar-refractivity contribution >= 4 is 5.91 Å². The summed E-state index contributed by atoms with van der Waals surface area (Å²) in [7, 11) is 0. The Balaban J connectivity index is 2.16. The zero-order valence-electron chi connectivity index (χ0n) is 12.2. The number of nitrogens with zero attached hydrogens (tertiary/aromatic N) is 2. The van der Waals surface area contributed by atoms with Gasteiger partial charge in [-0.1, -0.05) is 12.5 Å². The van der Waals surface area contributed by atoms with Crippen molar-refractivity contribution in [3.63, 3.8) is 0 Å². The first-order valence-electron chi connectivity index (χ1n) is 7.24. The highest BCUT2D eigenvalue weighted by atomic mass is 19.1. The molecule has 0 bridgehead atoms. The van der Waals surface area contributed by atoms with Crippen molar-refractivity contribution in [2.24, 2.45) is 11.1 Å². The minimum atomic E-state index is -0.448. The summed E-state index contributed by atoms with van der Waals surface area (Å²) < 4.78 is 14.0. The molecule has 1 aromatic rings. The minimum Gasteiger partial charge on any atom is -0.338 e. The molecule has 1 aromatic carbocycles. The van der Waals surface area contributed by atoms with E-state index in [4.69, 9.17) is 11.0 Å². The number of rotatable bonds is 5. The number of amides is 1. The summed E-state index contributed by atoms with van der Waals surface area (Å²) >= 11 is 0. The fourth-order valence-corrected chi connectivity index (χ4v) is 2.72. The van der Waals surface area contributed by atoms with Gasteiger partial charge in [-0.25, -0.2) is 4.39 Å². The Labute approximate surface area is 124 Å². The predicted molar refractivity (Wildman–Crippen MR) is 77.5 cm³/mol. The molecule has 0 atom stereocenters. The van der Waals surface area contributed by atoms with Crippen molar-refractivity contribution in [2.45, 2.75) is 32.7 Å². The molecular weight excluding hydrogens is 269 g/mol. The van der Waals surface area contributed by atoms with Crippen LogP contribution in [0.4, 0.5) is 4.39 Å². The van der Waals surface area contributed by atoms with Gasteiger partial charge in [-0.2, -0.15) is 5.26 Å². The topological polar surface area (TPSA) is 70.1 Å². The second-order valence-corrected chi connectivity index (χ2v) is 5.58. The molecule has 1 aliphatic rings. The fraction of sp³-hybridized carbons (Fsp3) is 0.500. The summed E-state index contributed by atoms with van der Waals surface area (Å²) in [5, 5.41) is 8.75. The van der Waals surface area contributed by atoms with Crippen LogP contribution < -0.4 is 5.73 Å². The Hall–Kier alpha value is -1.93. The highest BCUT2D eigenvalue weighted by Crippen LogP contribution is 2.41. The summed E-state index contributed by atoms with van der Waals surface area (Å²) in [6.45, 7) is 2.95. The van der Waals surface area contributed by atoms with Crippen molar-refractivity contribution in [1.29, 1.82) is 5.26 Å². The third-order valence-electron chi connectivity index (χ3n) is 4.37. The number of hydrogen-bond donors (Lipinski definition) is 1. The van der Waals surface area contributed by atoms with E-state index >= 15 is 0 Å². The van der Waals surface area contributed by atoms with Crippen LogP contribution in [0.2, 0.25) is 0 Å². The Kier molecular flexibility index (Phi) is 4.59. The van der Waals surface area contributed by atoms with Crippen molar-refractivity contribution in [1.82, 2.24) is 4.90 Å². The second kappa shape index (κ2) is 6.23. The molecule has 1 fully saturated rings. The molecule has 0 spiro atoms. The van der Waals surface area contributed by atoms with Gasteiger partial charge in [-0.15, -0.1) is 0 Å². The molecule has 5 heteroatoms. The maximum Gasteiger partial charge on any atom is 0.230 e. The lowest BCUT2D eigenvalue weighted by Gasteiger charge is -2.42. The van der Waals surface area contributed by atoms with Crippen LogP contribution in [0.5, 0.6) is 0 Å². The molecule has 0 saturated heterocycles. The number of nitrogens with two attached hydrogens (primary N) is 1. The first-order chi connectivity index (χ1) is 10.1. The van der Waals surface area contributed by atoms with Crippen LogP contribution in [0, 0.1) is 22.6 Å². The molecular formula is C16H20FN3O. The molecule has 2 rings (SSSR count). The van der Waals surface area contributed by atoms with Gasteiger partial charge in [0.25, 0.3) is 0 Å². The molecule has 21 heavy (non-hydrogen) atoms. The second-order valence-electron chi connectivity index (χ2n) is 5.58. The maximum atomic E-state index is 14.0. The Bertz CT molecular complexity index is 570. The monoisotopic (exact) mass is 289 g/mol. The highest BCUT2D eigenvalue weighted by molar-refractivity contribution is 5.84. The first kappa shape index (κ1) is 15.5. The molecule has 1 aliphatic carbocycles. The Morgan fingerprint density at radius 1 is 1.52 bits per heavy atom. The number of nitriles is 1. The van der Waals surface area contributed by atoms with Crippen LogP contribution >= 0.6 is 0 Å². The molecule has 4 nitrogen and oxygen atoms in total. The van der Waals surface area contributed by atoms with Gasteiger partial charge in [0.15, 0.2) is 0 Å². The zero-order valence-corrected chi connectivity index (χ0v) is 12.2. The lowest BCUT2D eigenvalue weighted by Crippen LogP contribution is -2.51. The van der Waals surface area contributed by atoms with E-state index in [1.807, 2.05) is 13.0 Å². The van der Waals surface area contributed by atoms with Gasteiger partial charge in [0.2, 0.25) is 5.91 Å². The van der Waals surface area contributed by atoms with E-state index in [0.29, 0.717) is 18.7 Å². The van der Waals surface area contributed by atoms with Crippen LogP contribution in [-0.2, 0) is 11.3 Å². The third kappa shape index (κ3) is 2.91. The van der Waals surface area contributed by atoms with Gasteiger partial charge in [0.1, 0.15) is 5.82 Å². The molecule has 1 amide bonds. The number of hydrogen-bond acceptors (Lipinski definition) is 3. The number of carbonyl (C=O) groups is 1. The summed E-state index contributed by atoms with van der Waals surface area (Å²) in [6.07, 6.45) is 2.65. The lowest BCUT2D eigenvalue weighted by molar-refractivity contribution is -0.147. The maximum absolute atomic E-state index is 14.0. The fourth-order valence-electron chi connectivity index (χ4n) is 2.72. The summed E-state index contributed by atoms with van der Waals surface area (Å²) in [5.74, 6) is -0.432. The van der Waals surface area contributed by atoms with E-state index in [1.54, 1.807) is 17.0 Å². The number of halogens is 1. The van der Waals surface area contributed by atoms with Gasteiger partial charge in [-0.3, -0.25) is 4.79 Å². The molecule has 1 saturated carbocycles. The Morgan fingerprint density at radius 2 is 2.24 bits per heavy atom. The quantitative estimate of drug-likeness (QED) is 0.903. The molecule has 2 N–H and O–H groups in total. The van der Waals surface area contributed by atoms with E-state index in [0.717, 1.165) is 19.3 Å². The smallest absolute Gasteiger partial charge is 0.230 e. The summed E-state index contributed by atoms with van der Waals surface area (Å²) in [5.41, 5.74) is 6.03. The van der Waals surface area contributed by atoms with Crippen LogP contribution in [0.3, 0.4) is 0 Å². The van der Waals surface area contributed by atoms with Crippen molar-refractivity contribution in [3.05, 3.63) is 35.1 Å². The Morgan fingerprint density at radius 3 is 2.67 bits per heavy atom. The van der Waals surface area contributed by atoms with E-state index in [-0.39, 0.29) is 18.0 Å². The van der Waals surface area contributed by atoms with E-state index in [1.165, 1.54) is 6.07 Å². The predicted octanol–water partition coefficient (Wildman–Crippen LogP) is 2.17. The van der Waals surface area contributed by atoms with Crippen LogP contribution in [0.25, 0.3) is 0 Å². The van der Waals surface area contributed by atoms with Crippen LogP contribution in [0.15, 0.2) is 18.2 Å². The van der Waals surface area contributed by atoms with Crippen molar-refractivity contribution < 1.29 is 9.18 Å². The van der Waals surface area contributed by atoms with Gasteiger partial charge in [0.05, 0.1) is 17.0 Å². The zero-order chi connectivity index (χ0) is 15.5. The van der Waals surface area contributed by atoms with Crippen molar-refractivity contribution in [3.8, 4) is 6.07 Å². The number of carbonyl (C=O) groups excluding carboxylic acids is 1. The molecule has 0 heterocycles. The van der Waals surface area contributed by atoms with Gasteiger partial charge < -0.3 is 10.6 Å². The normalized spacial score (nSPS) is 15.9. The van der Waals surface area contributed by atoms with Gasteiger partial charge in [0, 0.05) is 25.2 Å². The molecule has 0 unspecified atom stereocenters.